The lowest BCUT2D eigenvalue weighted by molar-refractivity contribution is 0.332. The Balaban J connectivity index is 1.09. The van der Waals surface area contributed by atoms with Crippen molar-refractivity contribution in [1.82, 2.24) is 4.57 Å². The van der Waals surface area contributed by atoms with Crippen LogP contribution in [0.5, 0.6) is 0 Å². The molecule has 0 atom stereocenters. The number of fused-ring (bicyclic) bond motifs is 18. The molecule has 0 saturated carbocycles. The smallest absolute Gasteiger partial charge is 0.333 e. The summed E-state index contributed by atoms with van der Waals surface area (Å²) in [4.78, 5) is 2.69. The van der Waals surface area contributed by atoms with Gasteiger partial charge in [0.2, 0.25) is 0 Å². The zero-order valence-corrected chi connectivity index (χ0v) is 39.9. The van der Waals surface area contributed by atoms with Crippen molar-refractivity contribution >= 4 is 136 Å². The van der Waals surface area contributed by atoms with Gasteiger partial charge in [0.1, 0.15) is 11.2 Å². The SMILES string of the molecule is CC(C)(C)c1ccc(N2B3c4cc5oc6ccccc6c5cc4-n4c5cc6sc7ccccc7c6cc5c5ccc(c3c54)-c3cc4c(cc32)sc2cc3c(cc24)C(C)(C)CCC3(C)C)cc1. The van der Waals surface area contributed by atoms with E-state index in [9.17, 15) is 0 Å². The van der Waals surface area contributed by atoms with Crippen molar-refractivity contribution in [3.63, 3.8) is 0 Å². The van der Waals surface area contributed by atoms with Gasteiger partial charge in [-0.15, -0.1) is 22.7 Å². The third kappa shape index (κ3) is 4.84. The lowest BCUT2D eigenvalue weighted by Gasteiger charge is -2.42. The number of aromatic nitrogens is 1. The van der Waals surface area contributed by atoms with E-state index in [4.69, 9.17) is 4.42 Å². The lowest BCUT2D eigenvalue weighted by Crippen LogP contribution is -2.60. The second-order valence-corrected chi connectivity index (χ2v) is 24.1. The fraction of sp³-hybridized carbons (Fsp3) is 0.200. The second-order valence-electron chi connectivity index (χ2n) is 21.9. The van der Waals surface area contributed by atoms with E-state index in [1.54, 1.807) is 0 Å². The predicted molar refractivity (Wildman–Crippen MR) is 287 cm³/mol. The van der Waals surface area contributed by atoms with Crippen LogP contribution in [-0.4, -0.2) is 11.4 Å². The molecule has 1 aliphatic carbocycles. The maximum absolute atomic E-state index is 6.78. The van der Waals surface area contributed by atoms with E-state index in [1.807, 2.05) is 22.7 Å². The summed E-state index contributed by atoms with van der Waals surface area (Å²) in [6, 6.07) is 51.9. The molecular weight excluding hydrogens is 840 g/mol. The topological polar surface area (TPSA) is 21.3 Å². The van der Waals surface area contributed by atoms with Gasteiger partial charge in [-0.05, 0) is 135 Å². The van der Waals surface area contributed by atoms with Gasteiger partial charge < -0.3 is 13.8 Å². The molecule has 0 saturated heterocycles. The van der Waals surface area contributed by atoms with Crippen molar-refractivity contribution < 1.29 is 4.42 Å². The Morgan fingerprint density at radius 2 is 1.21 bits per heavy atom. The molecule has 318 valence electrons. The predicted octanol–water partition coefficient (Wildman–Crippen LogP) is 16.3. The van der Waals surface area contributed by atoms with Gasteiger partial charge >= 0.3 is 6.85 Å². The zero-order chi connectivity index (χ0) is 44.3. The Kier molecular flexibility index (Phi) is 7.08. The van der Waals surface area contributed by atoms with Crippen LogP contribution in [0.1, 0.15) is 78.0 Å². The van der Waals surface area contributed by atoms with Crippen molar-refractivity contribution in [2.45, 2.75) is 77.6 Å². The molecule has 3 nitrogen and oxygen atoms in total. The van der Waals surface area contributed by atoms with Crippen molar-refractivity contribution in [2.75, 3.05) is 4.81 Å². The highest BCUT2D eigenvalue weighted by Crippen LogP contribution is 2.53. The van der Waals surface area contributed by atoms with Gasteiger partial charge in [0, 0.05) is 84.5 Å². The average molecular weight is 887 g/mol. The third-order valence-corrected chi connectivity index (χ3v) is 18.4. The molecule has 66 heavy (non-hydrogen) atoms. The maximum atomic E-state index is 6.78. The Morgan fingerprint density at radius 3 is 2.02 bits per heavy atom. The van der Waals surface area contributed by atoms with Crippen LogP contribution in [0.2, 0.25) is 0 Å². The summed E-state index contributed by atoms with van der Waals surface area (Å²) < 4.78 is 14.8. The van der Waals surface area contributed by atoms with E-state index in [2.05, 4.69) is 191 Å². The van der Waals surface area contributed by atoms with Crippen LogP contribution >= 0.6 is 22.7 Å². The van der Waals surface area contributed by atoms with Gasteiger partial charge in [-0.25, -0.2) is 0 Å². The molecule has 15 rings (SSSR count). The third-order valence-electron chi connectivity index (χ3n) is 16.2. The van der Waals surface area contributed by atoms with E-state index >= 15 is 0 Å². The van der Waals surface area contributed by atoms with E-state index < -0.39 is 0 Å². The highest BCUT2D eigenvalue weighted by atomic mass is 32.1. The highest BCUT2D eigenvalue weighted by Gasteiger charge is 2.45. The molecule has 6 heterocycles. The highest BCUT2D eigenvalue weighted by molar-refractivity contribution is 7.26. The number of para-hydroxylation sites is 1. The molecule has 2 aliphatic heterocycles. The normalized spacial score (nSPS) is 16.2. The minimum atomic E-state index is -0.108. The molecule has 4 aromatic heterocycles. The first-order chi connectivity index (χ1) is 31.8. The molecule has 0 fully saturated rings. The number of thiophene rings is 2. The summed E-state index contributed by atoms with van der Waals surface area (Å²) in [6.45, 7) is 16.6. The number of nitrogens with zero attached hydrogens (tertiary/aromatic N) is 2. The minimum Gasteiger partial charge on any atom is -0.456 e. The van der Waals surface area contributed by atoms with E-state index in [-0.39, 0.29) is 23.1 Å². The molecule has 0 bridgehead atoms. The van der Waals surface area contributed by atoms with Crippen LogP contribution in [0.15, 0.2) is 138 Å². The monoisotopic (exact) mass is 886 g/mol. The van der Waals surface area contributed by atoms with Crippen LogP contribution in [0.25, 0.3) is 101 Å². The Morgan fingerprint density at radius 1 is 0.530 bits per heavy atom. The van der Waals surface area contributed by atoms with Gasteiger partial charge in [0.05, 0.1) is 11.0 Å². The van der Waals surface area contributed by atoms with Crippen LogP contribution < -0.4 is 15.7 Å². The second kappa shape index (κ2) is 12.4. The maximum Gasteiger partial charge on any atom is 0.333 e. The first-order valence-corrected chi connectivity index (χ1v) is 25.3. The van der Waals surface area contributed by atoms with Crippen molar-refractivity contribution in [2.24, 2.45) is 0 Å². The number of anilines is 2. The standard InChI is InChI=1S/C60H47BN2OS2/c1-58(2,3)32-16-18-33(19-17-32)63-48-31-55-42(43-26-44-45(28-53(43)66-55)60(6,7)23-22-59(44,4)5)24-38(48)36-20-21-37-39-25-41-35-13-9-11-15-52(35)65-54(41)30-47(39)62-49-27-40-34-12-8-10-14-50(34)64-51(40)29-46(49)61(63)56(36)57(37)62/h8-21,24-31H,22-23H2,1-7H3. The van der Waals surface area contributed by atoms with Gasteiger partial charge in [-0.3, -0.25) is 0 Å². The van der Waals surface area contributed by atoms with Crippen LogP contribution in [0, 0.1) is 0 Å². The molecule has 6 heteroatoms. The summed E-state index contributed by atoms with van der Waals surface area (Å²) in [6.07, 6.45) is 2.41. The molecule has 0 radical (unpaired) electrons. The molecule has 0 unspecified atom stereocenters. The van der Waals surface area contributed by atoms with E-state index in [1.165, 1.54) is 131 Å². The zero-order valence-electron chi connectivity index (χ0n) is 38.3. The quantitative estimate of drug-likeness (QED) is 0.153. The van der Waals surface area contributed by atoms with Crippen LogP contribution in [0.3, 0.4) is 0 Å². The average Bonchev–Trinajstić information content (AvgIpc) is 4.05. The number of benzene rings is 8. The number of hydrogen-bond donors (Lipinski definition) is 0. The van der Waals surface area contributed by atoms with Crippen LogP contribution in [0.4, 0.5) is 11.4 Å². The first-order valence-electron chi connectivity index (χ1n) is 23.6. The summed E-state index contributed by atoms with van der Waals surface area (Å²) in [5.41, 5.74) is 18.0. The Bertz CT molecular complexity index is 4170. The van der Waals surface area contributed by atoms with E-state index in [0.717, 1.165) is 21.9 Å². The fourth-order valence-electron chi connectivity index (χ4n) is 12.6. The molecule has 0 amide bonds. The lowest BCUT2D eigenvalue weighted by atomic mass is 9.44. The molecular formula is C60H47BN2OS2. The molecule has 12 aromatic rings. The Hall–Kier alpha value is -6.34. The number of hydrogen-bond acceptors (Lipinski definition) is 4. The van der Waals surface area contributed by atoms with Crippen molar-refractivity contribution in [3.05, 3.63) is 150 Å². The molecule has 8 aromatic carbocycles. The van der Waals surface area contributed by atoms with Crippen molar-refractivity contribution in [1.29, 1.82) is 0 Å². The van der Waals surface area contributed by atoms with E-state index in [0.29, 0.717) is 0 Å². The molecule has 0 N–H and O–H groups in total. The van der Waals surface area contributed by atoms with Gasteiger partial charge in [0.25, 0.3) is 0 Å². The minimum absolute atomic E-state index is 0.0347. The summed E-state index contributed by atoms with van der Waals surface area (Å²) in [5.74, 6) is 0. The van der Waals surface area contributed by atoms with Gasteiger partial charge in [-0.2, -0.15) is 0 Å². The molecule has 0 spiro atoms. The number of rotatable bonds is 1. The number of furan rings is 1. The van der Waals surface area contributed by atoms with Crippen LogP contribution in [-0.2, 0) is 16.2 Å². The summed E-state index contributed by atoms with van der Waals surface area (Å²) in [5, 5.41) is 10.3. The summed E-state index contributed by atoms with van der Waals surface area (Å²) >= 11 is 3.87. The van der Waals surface area contributed by atoms with Crippen molar-refractivity contribution in [3.8, 4) is 16.8 Å². The summed E-state index contributed by atoms with van der Waals surface area (Å²) in [7, 11) is 0. The Labute approximate surface area is 392 Å². The molecule has 3 aliphatic rings. The van der Waals surface area contributed by atoms with Gasteiger partial charge in [-0.1, -0.05) is 109 Å². The van der Waals surface area contributed by atoms with Gasteiger partial charge in [0.15, 0.2) is 0 Å². The fourth-order valence-corrected chi connectivity index (χ4v) is 14.8. The largest absolute Gasteiger partial charge is 0.456 e. The first kappa shape index (κ1) is 37.8.